The SMILES string of the molecule is C#CC(CO)(CCn1cnc2c(NC(=O)OCC(=O)OCCCCCCCCCCCCCCCC)nc(Cl)nc21)OC. The predicted octanol–water partition coefficient (Wildman–Crippen LogP) is 6.45. The zero-order chi connectivity index (χ0) is 31.3. The summed E-state index contributed by atoms with van der Waals surface area (Å²) >= 11 is 6.06. The lowest BCUT2D eigenvalue weighted by molar-refractivity contribution is -0.147. The standard InChI is InChI=1S/C31H48ClN5O6/c1-4-6-7-8-9-10-11-12-13-14-15-16-17-18-21-42-25(39)22-43-30(40)35-27-26-28(36-29(32)34-27)37(24-33-26)20-19-31(5-2,23-38)41-3/h2,24,38H,4,6-23H2,1,3H3,(H,34,35,36,40). The van der Waals surface area contributed by atoms with Crippen LogP contribution in [0.25, 0.3) is 11.2 Å². The van der Waals surface area contributed by atoms with E-state index in [0.717, 1.165) is 19.3 Å². The average molecular weight is 622 g/mol. The highest BCUT2D eigenvalue weighted by atomic mass is 35.5. The number of hydrogen-bond acceptors (Lipinski definition) is 9. The lowest BCUT2D eigenvalue weighted by Gasteiger charge is -2.24. The third-order valence-corrected chi connectivity index (χ3v) is 7.57. The highest BCUT2D eigenvalue weighted by molar-refractivity contribution is 6.28. The van der Waals surface area contributed by atoms with Gasteiger partial charge in [-0.2, -0.15) is 9.97 Å². The molecule has 43 heavy (non-hydrogen) atoms. The van der Waals surface area contributed by atoms with E-state index < -0.39 is 24.3 Å². The van der Waals surface area contributed by atoms with Gasteiger partial charge in [-0.15, -0.1) is 6.42 Å². The number of unbranched alkanes of at least 4 members (excludes halogenated alkanes) is 13. The van der Waals surface area contributed by atoms with Crippen LogP contribution in [-0.4, -0.2) is 69.2 Å². The van der Waals surface area contributed by atoms with Gasteiger partial charge in [0.1, 0.15) is 0 Å². The van der Waals surface area contributed by atoms with Gasteiger partial charge in [0, 0.05) is 20.1 Å². The van der Waals surface area contributed by atoms with Gasteiger partial charge in [0.25, 0.3) is 0 Å². The summed E-state index contributed by atoms with van der Waals surface area (Å²) in [5.41, 5.74) is -0.559. The van der Waals surface area contributed by atoms with Gasteiger partial charge in [0.2, 0.25) is 5.28 Å². The van der Waals surface area contributed by atoms with Crippen LogP contribution in [0.3, 0.4) is 0 Å². The molecule has 1 amide bonds. The van der Waals surface area contributed by atoms with Crippen LogP contribution in [-0.2, 0) is 25.5 Å². The molecule has 2 aromatic rings. The number of nitrogens with one attached hydrogen (secondary N) is 1. The first-order valence-electron chi connectivity index (χ1n) is 15.5. The summed E-state index contributed by atoms with van der Waals surface area (Å²) in [5, 5.41) is 11.9. The Bertz CT molecular complexity index is 1150. The van der Waals surface area contributed by atoms with Crippen LogP contribution in [0, 0.1) is 12.3 Å². The molecule has 0 saturated carbocycles. The summed E-state index contributed by atoms with van der Waals surface area (Å²) in [4.78, 5) is 36.8. The lowest BCUT2D eigenvalue weighted by atomic mass is 10.0. The molecule has 0 radical (unpaired) electrons. The number of terminal acetylenes is 1. The minimum Gasteiger partial charge on any atom is -0.463 e. The molecule has 0 aromatic carbocycles. The van der Waals surface area contributed by atoms with Crippen molar-refractivity contribution >= 4 is 40.6 Å². The number of aryl methyl sites for hydroxylation is 1. The molecular weight excluding hydrogens is 574 g/mol. The van der Waals surface area contributed by atoms with E-state index in [1.807, 2.05) is 0 Å². The van der Waals surface area contributed by atoms with Crippen molar-refractivity contribution in [1.29, 1.82) is 0 Å². The molecule has 1 atom stereocenters. The van der Waals surface area contributed by atoms with Gasteiger partial charge in [-0.25, -0.2) is 14.6 Å². The summed E-state index contributed by atoms with van der Waals surface area (Å²) in [6, 6.07) is 0. The number of esters is 1. The van der Waals surface area contributed by atoms with Gasteiger partial charge in [-0.1, -0.05) is 96.3 Å². The molecule has 0 bridgehead atoms. The number of nitrogens with zero attached hydrogens (tertiary/aromatic N) is 4. The second kappa shape index (κ2) is 20.9. The van der Waals surface area contributed by atoms with E-state index in [1.165, 1.54) is 84.1 Å². The van der Waals surface area contributed by atoms with Crippen LogP contribution < -0.4 is 5.32 Å². The molecule has 0 aliphatic heterocycles. The van der Waals surface area contributed by atoms with Crippen molar-refractivity contribution in [1.82, 2.24) is 19.5 Å². The smallest absolute Gasteiger partial charge is 0.413 e. The van der Waals surface area contributed by atoms with Crippen molar-refractivity contribution in [2.45, 2.75) is 115 Å². The zero-order valence-corrected chi connectivity index (χ0v) is 26.5. The fraction of sp³-hybridized carbons (Fsp3) is 0.710. The third-order valence-electron chi connectivity index (χ3n) is 7.40. The van der Waals surface area contributed by atoms with Crippen LogP contribution in [0.15, 0.2) is 6.33 Å². The Labute approximate surface area is 260 Å². The van der Waals surface area contributed by atoms with E-state index in [-0.39, 0.29) is 29.6 Å². The maximum atomic E-state index is 12.3. The lowest BCUT2D eigenvalue weighted by Crippen LogP contribution is -2.35. The quantitative estimate of drug-likeness (QED) is 0.0620. The number of methoxy groups -OCH3 is 1. The summed E-state index contributed by atoms with van der Waals surface area (Å²) in [6.07, 6.45) is 23.9. The minimum absolute atomic E-state index is 0.0200. The monoisotopic (exact) mass is 621 g/mol. The molecule has 0 spiro atoms. The second-order valence-electron chi connectivity index (χ2n) is 10.7. The number of fused-ring (bicyclic) bond motifs is 1. The highest BCUT2D eigenvalue weighted by Crippen LogP contribution is 2.23. The number of hydrogen-bond donors (Lipinski definition) is 2. The highest BCUT2D eigenvalue weighted by Gasteiger charge is 2.27. The Morgan fingerprint density at radius 1 is 1.00 bits per heavy atom. The van der Waals surface area contributed by atoms with Gasteiger partial charge in [0.15, 0.2) is 29.2 Å². The summed E-state index contributed by atoms with van der Waals surface area (Å²) in [6.45, 7) is 1.95. The largest absolute Gasteiger partial charge is 0.463 e. The van der Waals surface area contributed by atoms with E-state index in [2.05, 4.69) is 33.1 Å². The molecule has 11 nitrogen and oxygen atoms in total. The molecule has 2 aromatic heterocycles. The van der Waals surface area contributed by atoms with Crippen molar-refractivity contribution in [3.8, 4) is 12.3 Å². The molecular formula is C31H48ClN5O6. The Balaban J connectivity index is 1.62. The van der Waals surface area contributed by atoms with E-state index in [4.69, 9.17) is 32.2 Å². The molecule has 0 fully saturated rings. The van der Waals surface area contributed by atoms with Gasteiger partial charge in [-0.3, -0.25) is 5.32 Å². The zero-order valence-electron chi connectivity index (χ0n) is 25.7. The number of aliphatic hydroxyl groups is 1. The maximum Gasteiger partial charge on any atom is 0.413 e. The van der Waals surface area contributed by atoms with Crippen LogP contribution in [0.2, 0.25) is 5.28 Å². The van der Waals surface area contributed by atoms with E-state index in [0.29, 0.717) is 18.8 Å². The minimum atomic E-state index is -1.15. The molecule has 2 N–H and O–H groups in total. The predicted molar refractivity (Wildman–Crippen MR) is 167 cm³/mol. The van der Waals surface area contributed by atoms with Gasteiger partial charge >= 0.3 is 12.1 Å². The van der Waals surface area contributed by atoms with Gasteiger partial charge in [-0.05, 0) is 18.0 Å². The molecule has 240 valence electrons. The summed E-state index contributed by atoms with van der Waals surface area (Å²) < 4.78 is 17.1. The van der Waals surface area contributed by atoms with Crippen molar-refractivity contribution in [3.05, 3.63) is 11.6 Å². The number of anilines is 1. The third kappa shape index (κ3) is 13.5. The van der Waals surface area contributed by atoms with Crippen molar-refractivity contribution in [2.24, 2.45) is 0 Å². The van der Waals surface area contributed by atoms with Crippen LogP contribution in [0.1, 0.15) is 103 Å². The van der Waals surface area contributed by atoms with Gasteiger partial charge in [0.05, 0.1) is 19.5 Å². The Hall–Kier alpha value is -2.94. The number of aliphatic hydroxyl groups excluding tert-OH is 1. The Morgan fingerprint density at radius 2 is 1.60 bits per heavy atom. The summed E-state index contributed by atoms with van der Waals surface area (Å²) in [7, 11) is 1.42. The molecule has 1 unspecified atom stereocenters. The number of imidazole rings is 1. The van der Waals surface area contributed by atoms with Crippen molar-refractivity contribution in [2.75, 3.05) is 32.2 Å². The fourth-order valence-electron chi connectivity index (χ4n) is 4.67. The van der Waals surface area contributed by atoms with Crippen molar-refractivity contribution in [3.63, 3.8) is 0 Å². The van der Waals surface area contributed by atoms with E-state index in [1.54, 1.807) is 4.57 Å². The van der Waals surface area contributed by atoms with Gasteiger partial charge < -0.3 is 23.9 Å². The second-order valence-corrected chi connectivity index (χ2v) is 11.1. The molecule has 2 heterocycles. The molecule has 0 aliphatic rings. The fourth-order valence-corrected chi connectivity index (χ4v) is 4.84. The van der Waals surface area contributed by atoms with E-state index in [9.17, 15) is 14.7 Å². The molecule has 12 heteroatoms. The number of carbonyl (C=O) groups excluding carboxylic acids is 2. The first-order chi connectivity index (χ1) is 20.9. The number of ether oxygens (including phenoxy) is 3. The average Bonchev–Trinajstić information content (AvgIpc) is 3.42. The van der Waals surface area contributed by atoms with Crippen LogP contribution in [0.5, 0.6) is 0 Å². The van der Waals surface area contributed by atoms with E-state index >= 15 is 0 Å². The Kier molecular flexibility index (Phi) is 17.6. The molecule has 0 saturated heterocycles. The van der Waals surface area contributed by atoms with Crippen LogP contribution in [0.4, 0.5) is 10.6 Å². The Morgan fingerprint density at radius 3 is 2.16 bits per heavy atom. The number of aromatic nitrogens is 4. The normalized spacial score (nSPS) is 12.5. The number of carbonyl (C=O) groups is 2. The molecule has 2 rings (SSSR count). The first kappa shape index (κ1) is 36.3. The number of amides is 1. The topological polar surface area (TPSA) is 138 Å². The summed E-state index contributed by atoms with van der Waals surface area (Å²) in [5.74, 6) is 1.85. The number of rotatable bonds is 23. The molecule has 0 aliphatic carbocycles. The van der Waals surface area contributed by atoms with Crippen LogP contribution >= 0.6 is 11.6 Å². The van der Waals surface area contributed by atoms with Crippen molar-refractivity contribution < 1.29 is 28.9 Å². The number of halogens is 1. The maximum absolute atomic E-state index is 12.3. The first-order valence-corrected chi connectivity index (χ1v) is 15.9.